The number of amides is 2. The number of carbonyl (C=O) groups excluding carboxylic acids is 2. The van der Waals surface area contributed by atoms with Crippen LogP contribution in [-0.2, 0) is 9.59 Å². The van der Waals surface area contributed by atoms with E-state index in [9.17, 15) is 9.59 Å². The molecule has 20 heavy (non-hydrogen) atoms. The Morgan fingerprint density at radius 1 is 1.10 bits per heavy atom. The third-order valence-electron chi connectivity index (χ3n) is 3.11. The van der Waals surface area contributed by atoms with Gasteiger partial charge in [0.15, 0.2) is 0 Å². The Kier molecular flexibility index (Phi) is 7.40. The summed E-state index contributed by atoms with van der Waals surface area (Å²) >= 11 is 0. The highest BCUT2D eigenvalue weighted by molar-refractivity contribution is 5.83. The standard InChI is InChI=1S/C16H24N2O2/c1-3-4-12-17-15(19)10-11-16(20)18-13(2)14-8-6-5-7-9-14/h5-9,13H,3-4,10-12H2,1-2H3,(H,17,19)(H,18,20). The van der Waals surface area contributed by atoms with Gasteiger partial charge in [0.25, 0.3) is 0 Å². The molecule has 0 saturated heterocycles. The van der Waals surface area contributed by atoms with Gasteiger partial charge in [0.1, 0.15) is 0 Å². The Morgan fingerprint density at radius 3 is 2.40 bits per heavy atom. The highest BCUT2D eigenvalue weighted by Crippen LogP contribution is 2.11. The second kappa shape index (κ2) is 9.13. The normalized spacial score (nSPS) is 11.7. The first-order valence-corrected chi connectivity index (χ1v) is 7.24. The summed E-state index contributed by atoms with van der Waals surface area (Å²) in [6.45, 7) is 4.70. The van der Waals surface area contributed by atoms with Gasteiger partial charge in [0, 0.05) is 19.4 Å². The maximum absolute atomic E-state index is 11.8. The second-order valence-electron chi connectivity index (χ2n) is 4.90. The van der Waals surface area contributed by atoms with E-state index in [4.69, 9.17) is 0 Å². The average Bonchev–Trinajstić information content (AvgIpc) is 2.46. The van der Waals surface area contributed by atoms with Crippen molar-refractivity contribution < 1.29 is 9.59 Å². The van der Waals surface area contributed by atoms with E-state index in [0.717, 1.165) is 18.4 Å². The molecule has 4 heteroatoms. The zero-order valence-electron chi connectivity index (χ0n) is 12.3. The number of nitrogens with one attached hydrogen (secondary N) is 2. The quantitative estimate of drug-likeness (QED) is 0.717. The van der Waals surface area contributed by atoms with Crippen LogP contribution in [-0.4, -0.2) is 18.4 Å². The first-order valence-electron chi connectivity index (χ1n) is 7.24. The molecule has 1 atom stereocenters. The fraction of sp³-hybridized carbons (Fsp3) is 0.500. The molecule has 0 saturated carbocycles. The Labute approximate surface area is 121 Å². The molecule has 1 rings (SSSR count). The molecule has 4 nitrogen and oxygen atoms in total. The largest absolute Gasteiger partial charge is 0.356 e. The van der Waals surface area contributed by atoms with Crippen LogP contribution in [0.5, 0.6) is 0 Å². The highest BCUT2D eigenvalue weighted by atomic mass is 16.2. The molecular weight excluding hydrogens is 252 g/mol. The Morgan fingerprint density at radius 2 is 1.75 bits per heavy atom. The zero-order valence-corrected chi connectivity index (χ0v) is 12.3. The molecule has 0 radical (unpaired) electrons. The predicted octanol–water partition coefficient (Wildman–Crippen LogP) is 2.56. The summed E-state index contributed by atoms with van der Waals surface area (Å²) in [6, 6.07) is 9.74. The third kappa shape index (κ3) is 6.36. The summed E-state index contributed by atoms with van der Waals surface area (Å²) in [5, 5.41) is 5.70. The number of rotatable bonds is 8. The molecule has 2 N–H and O–H groups in total. The molecule has 110 valence electrons. The SMILES string of the molecule is CCCCNC(=O)CCC(=O)NC(C)c1ccccc1. The van der Waals surface area contributed by atoms with Gasteiger partial charge in [-0.2, -0.15) is 0 Å². The maximum Gasteiger partial charge on any atom is 0.220 e. The Hall–Kier alpha value is -1.84. The van der Waals surface area contributed by atoms with E-state index in [1.165, 1.54) is 0 Å². The van der Waals surface area contributed by atoms with Gasteiger partial charge in [-0.3, -0.25) is 9.59 Å². The summed E-state index contributed by atoms with van der Waals surface area (Å²) in [4.78, 5) is 23.3. The van der Waals surface area contributed by atoms with Crippen LogP contribution in [0.1, 0.15) is 51.1 Å². The number of hydrogen-bond donors (Lipinski definition) is 2. The maximum atomic E-state index is 11.8. The van der Waals surface area contributed by atoms with Crippen LogP contribution in [0.4, 0.5) is 0 Å². The lowest BCUT2D eigenvalue weighted by molar-refractivity contribution is -0.126. The lowest BCUT2D eigenvalue weighted by Crippen LogP contribution is -2.29. The van der Waals surface area contributed by atoms with Crippen molar-refractivity contribution >= 4 is 11.8 Å². The molecule has 2 amide bonds. The van der Waals surface area contributed by atoms with Crippen molar-refractivity contribution in [2.45, 2.75) is 45.6 Å². The molecule has 1 aromatic rings. The fourth-order valence-corrected chi connectivity index (χ4v) is 1.86. The molecule has 0 aromatic heterocycles. The van der Waals surface area contributed by atoms with E-state index < -0.39 is 0 Å². The van der Waals surface area contributed by atoms with Crippen LogP contribution in [0.15, 0.2) is 30.3 Å². The van der Waals surface area contributed by atoms with Crippen LogP contribution >= 0.6 is 0 Å². The van der Waals surface area contributed by atoms with E-state index in [-0.39, 0.29) is 30.7 Å². The smallest absolute Gasteiger partial charge is 0.220 e. The van der Waals surface area contributed by atoms with Gasteiger partial charge in [-0.05, 0) is 18.9 Å². The summed E-state index contributed by atoms with van der Waals surface area (Å²) in [7, 11) is 0. The van der Waals surface area contributed by atoms with Gasteiger partial charge in [-0.15, -0.1) is 0 Å². The highest BCUT2D eigenvalue weighted by Gasteiger charge is 2.10. The molecule has 0 aliphatic rings. The molecular formula is C16H24N2O2. The predicted molar refractivity (Wildman–Crippen MR) is 80.2 cm³/mol. The molecule has 0 heterocycles. The molecule has 1 unspecified atom stereocenters. The van der Waals surface area contributed by atoms with Crippen molar-refractivity contribution in [1.82, 2.24) is 10.6 Å². The van der Waals surface area contributed by atoms with Crippen molar-refractivity contribution in [3.63, 3.8) is 0 Å². The topological polar surface area (TPSA) is 58.2 Å². The van der Waals surface area contributed by atoms with Crippen molar-refractivity contribution in [2.75, 3.05) is 6.54 Å². The average molecular weight is 276 g/mol. The van der Waals surface area contributed by atoms with Crippen molar-refractivity contribution in [2.24, 2.45) is 0 Å². The summed E-state index contributed by atoms with van der Waals surface area (Å²) in [5.74, 6) is -0.145. The van der Waals surface area contributed by atoms with Crippen LogP contribution in [0, 0.1) is 0 Å². The minimum atomic E-state index is -0.0907. The van der Waals surface area contributed by atoms with E-state index in [2.05, 4.69) is 17.6 Å². The van der Waals surface area contributed by atoms with Crippen LogP contribution in [0.3, 0.4) is 0 Å². The van der Waals surface area contributed by atoms with Gasteiger partial charge in [-0.25, -0.2) is 0 Å². The van der Waals surface area contributed by atoms with Gasteiger partial charge in [0.05, 0.1) is 6.04 Å². The van der Waals surface area contributed by atoms with Gasteiger partial charge >= 0.3 is 0 Å². The molecule has 0 fully saturated rings. The molecule has 0 bridgehead atoms. The van der Waals surface area contributed by atoms with Crippen molar-refractivity contribution in [3.05, 3.63) is 35.9 Å². The third-order valence-corrected chi connectivity index (χ3v) is 3.11. The van der Waals surface area contributed by atoms with Gasteiger partial charge < -0.3 is 10.6 Å². The zero-order chi connectivity index (χ0) is 14.8. The van der Waals surface area contributed by atoms with Gasteiger partial charge in [-0.1, -0.05) is 43.7 Å². The van der Waals surface area contributed by atoms with Crippen LogP contribution in [0.2, 0.25) is 0 Å². The van der Waals surface area contributed by atoms with Crippen molar-refractivity contribution in [1.29, 1.82) is 0 Å². The van der Waals surface area contributed by atoms with Gasteiger partial charge in [0.2, 0.25) is 11.8 Å². The molecule has 0 aliphatic heterocycles. The summed E-state index contributed by atoms with van der Waals surface area (Å²) < 4.78 is 0. The monoisotopic (exact) mass is 276 g/mol. The van der Waals surface area contributed by atoms with E-state index in [1.54, 1.807) is 0 Å². The number of carbonyl (C=O) groups is 2. The Balaban J connectivity index is 2.25. The first-order chi connectivity index (χ1) is 9.63. The molecule has 0 spiro atoms. The van der Waals surface area contributed by atoms with E-state index >= 15 is 0 Å². The lowest BCUT2D eigenvalue weighted by atomic mass is 10.1. The second-order valence-corrected chi connectivity index (χ2v) is 4.90. The number of hydrogen-bond acceptors (Lipinski definition) is 2. The molecule has 1 aromatic carbocycles. The minimum absolute atomic E-state index is 0.0353. The lowest BCUT2D eigenvalue weighted by Gasteiger charge is -2.14. The summed E-state index contributed by atoms with van der Waals surface area (Å²) in [5.41, 5.74) is 1.06. The number of benzene rings is 1. The van der Waals surface area contributed by atoms with E-state index in [1.807, 2.05) is 37.3 Å². The Bertz CT molecular complexity index is 418. The molecule has 0 aliphatic carbocycles. The van der Waals surface area contributed by atoms with E-state index in [0.29, 0.717) is 6.54 Å². The first kappa shape index (κ1) is 16.2. The number of unbranched alkanes of at least 4 members (excludes halogenated alkanes) is 1. The minimum Gasteiger partial charge on any atom is -0.356 e. The van der Waals surface area contributed by atoms with Crippen LogP contribution in [0.25, 0.3) is 0 Å². The fourth-order valence-electron chi connectivity index (χ4n) is 1.86. The van der Waals surface area contributed by atoms with Crippen molar-refractivity contribution in [3.8, 4) is 0 Å². The van der Waals surface area contributed by atoms with Crippen LogP contribution < -0.4 is 10.6 Å². The summed E-state index contributed by atoms with van der Waals surface area (Å²) in [6.07, 6.45) is 2.50.